The standard InChI is InChI=1S/C75H86N12O19S2/c88-54-14-17-60-63(41-54)105-64-42-55(89)15-18-61(64)75(60)59-16-13-52(40-58(59)72(99)106-75)79-73(107)76-20-19-65(90)86-43-50-5-1-2-6-56(50)70-71(57-7-3-4-8-62(57)86)87(81-80-70)28-30-101-32-34-103-36-38-104-37-35-102-33-31-100-29-21-77-74(108)78-51-11-9-49(10-12-51)39-53-44-84(47-68(95)96)25-24-82(45-66(91)92)22-23-83(46-67(93)94)26-27-85(53)48-69(97)98/h1-18,40-42,53,88-89H,19-39,43-48H2,(H,91,92)(H,93,94)(H,95,96)(H,97,98)(H2,76,79,107)(H2,77,78,108). The second-order valence-electron chi connectivity index (χ2n) is 25.9. The summed E-state index contributed by atoms with van der Waals surface area (Å²) in [5, 5.41) is 81.9. The summed E-state index contributed by atoms with van der Waals surface area (Å²) < 4.78 is 42.9. The van der Waals surface area contributed by atoms with Crippen LogP contribution in [0.2, 0.25) is 0 Å². The zero-order chi connectivity index (χ0) is 76.1. The molecule has 1 amide bonds. The molecule has 5 heterocycles. The third-order valence-corrected chi connectivity index (χ3v) is 19.0. The Bertz CT molecular complexity index is 4310. The van der Waals surface area contributed by atoms with E-state index >= 15 is 0 Å². The van der Waals surface area contributed by atoms with Crippen LogP contribution in [0.5, 0.6) is 23.0 Å². The van der Waals surface area contributed by atoms with Crippen molar-refractivity contribution in [2.24, 2.45) is 0 Å². The lowest BCUT2D eigenvalue weighted by molar-refractivity contribution is -0.142. The topological polar surface area (TPSA) is 383 Å². The molecule has 0 radical (unpaired) electrons. The fourth-order valence-electron chi connectivity index (χ4n) is 13.5. The van der Waals surface area contributed by atoms with E-state index in [2.05, 4.69) is 31.6 Å². The number of ether oxygens (including phenoxy) is 7. The first kappa shape index (κ1) is 78.8. The molecular weight excluding hydrogens is 1440 g/mol. The number of amides is 1. The van der Waals surface area contributed by atoms with Gasteiger partial charge in [-0.15, -0.1) is 5.10 Å². The first-order valence-electron chi connectivity index (χ1n) is 35.3. The normalized spacial score (nSPS) is 15.7. The lowest BCUT2D eigenvalue weighted by atomic mass is 9.77. The third kappa shape index (κ3) is 20.9. The van der Waals surface area contributed by atoms with Gasteiger partial charge in [0, 0.05) is 123 Å². The average Bonchev–Trinajstić information content (AvgIpc) is 1.50. The van der Waals surface area contributed by atoms with Gasteiger partial charge in [-0.1, -0.05) is 65.9 Å². The predicted octanol–water partition coefficient (Wildman–Crippen LogP) is 5.36. The van der Waals surface area contributed by atoms with Crippen molar-refractivity contribution in [3.05, 3.63) is 161 Å². The number of esters is 1. The van der Waals surface area contributed by atoms with E-state index in [0.29, 0.717) is 130 Å². The van der Waals surface area contributed by atoms with Crippen molar-refractivity contribution in [1.29, 1.82) is 0 Å². The molecule has 4 aliphatic rings. The number of fused-ring (bicyclic) bond motifs is 11. The number of thiocarbonyl (C=S) groups is 2. The maximum atomic E-state index is 14.5. The Balaban J connectivity index is 0.560. The van der Waals surface area contributed by atoms with Crippen molar-refractivity contribution in [3.63, 3.8) is 0 Å². The summed E-state index contributed by atoms with van der Waals surface area (Å²) >= 11 is 11.2. The van der Waals surface area contributed by atoms with Gasteiger partial charge in [-0.2, -0.15) is 0 Å². The van der Waals surface area contributed by atoms with E-state index < -0.39 is 41.5 Å². The minimum atomic E-state index is -1.42. The highest BCUT2D eigenvalue weighted by Gasteiger charge is 2.54. The van der Waals surface area contributed by atoms with Gasteiger partial charge in [0.1, 0.15) is 28.7 Å². The molecule has 7 aromatic rings. The highest BCUT2D eigenvalue weighted by Crippen LogP contribution is 2.57. The molecule has 108 heavy (non-hydrogen) atoms. The number of aromatic hydroxyl groups is 2. The number of hydrogen-bond acceptors (Lipinski definition) is 23. The van der Waals surface area contributed by atoms with Gasteiger partial charge >= 0.3 is 29.8 Å². The molecule has 31 nitrogen and oxygen atoms in total. The highest BCUT2D eigenvalue weighted by molar-refractivity contribution is 7.80. The van der Waals surface area contributed by atoms with Crippen LogP contribution in [0.3, 0.4) is 0 Å². The number of anilines is 3. The first-order valence-corrected chi connectivity index (χ1v) is 36.1. The van der Waals surface area contributed by atoms with Gasteiger partial charge in [-0.05, 0) is 96.6 Å². The van der Waals surface area contributed by atoms with Crippen LogP contribution in [-0.4, -0.2) is 268 Å². The van der Waals surface area contributed by atoms with Crippen molar-refractivity contribution < 1.29 is 92.6 Å². The quantitative estimate of drug-likeness (QED) is 0.0141. The molecule has 1 aromatic heterocycles. The second kappa shape index (κ2) is 38.0. The van der Waals surface area contributed by atoms with Gasteiger partial charge in [0.25, 0.3) is 0 Å². The van der Waals surface area contributed by atoms with Crippen molar-refractivity contribution in [3.8, 4) is 45.5 Å². The van der Waals surface area contributed by atoms with E-state index in [-0.39, 0.29) is 131 Å². The predicted molar refractivity (Wildman–Crippen MR) is 403 cm³/mol. The Morgan fingerprint density at radius 1 is 0.546 bits per heavy atom. The number of carboxylic acid groups (broad SMARTS) is 4. The zero-order valence-corrected chi connectivity index (χ0v) is 60.8. The molecule has 11 rings (SSSR count). The van der Waals surface area contributed by atoms with Gasteiger partial charge in [-0.25, -0.2) is 9.48 Å². The number of carboxylic acids is 4. The van der Waals surface area contributed by atoms with E-state index in [1.54, 1.807) is 59.5 Å². The highest BCUT2D eigenvalue weighted by atomic mass is 32.1. The minimum absolute atomic E-state index is 0.0464. The van der Waals surface area contributed by atoms with Gasteiger partial charge in [0.2, 0.25) is 5.91 Å². The van der Waals surface area contributed by atoms with Crippen LogP contribution in [0.4, 0.5) is 17.1 Å². The average molecular weight is 1520 g/mol. The number of aromatic nitrogens is 3. The Morgan fingerprint density at radius 2 is 1.06 bits per heavy atom. The molecule has 0 aliphatic carbocycles. The lowest BCUT2D eigenvalue weighted by Crippen LogP contribution is -2.53. The SMILES string of the molecule is O=C(O)CN1CCN(CC(=O)O)CCN(CC(=O)O)C(Cc2ccc(NC(=S)NCCOCCOCCOCCOCCOCCn3nnc4c3-c3ccccc3N(C(=O)CCNC(=S)Nc3ccc5c(c3)C(=O)OC53c5ccc(O)cc5Oc5cc(O)ccc53)Cc3ccccc3-4)cc2)CN(CC(=O)O)CC1. The van der Waals surface area contributed by atoms with E-state index in [4.69, 9.17) is 57.6 Å². The molecule has 4 aliphatic heterocycles. The molecule has 0 saturated carbocycles. The summed E-state index contributed by atoms with van der Waals surface area (Å²) in [6.45, 7) is 4.74. The number of carbonyl (C=O) groups excluding carboxylic acids is 2. The monoisotopic (exact) mass is 1520 g/mol. The molecule has 0 bridgehead atoms. The number of nitrogens with one attached hydrogen (secondary N) is 4. The second-order valence-corrected chi connectivity index (χ2v) is 26.7. The van der Waals surface area contributed by atoms with Crippen molar-refractivity contribution >= 4 is 87.5 Å². The van der Waals surface area contributed by atoms with E-state index in [1.165, 1.54) is 24.3 Å². The van der Waals surface area contributed by atoms with Crippen molar-refractivity contribution in [2.75, 3.05) is 167 Å². The lowest BCUT2D eigenvalue weighted by Gasteiger charge is -2.37. The minimum Gasteiger partial charge on any atom is -0.508 e. The summed E-state index contributed by atoms with van der Waals surface area (Å²) in [4.78, 5) is 84.3. The number of benzene rings is 6. The largest absolute Gasteiger partial charge is 0.508 e. The molecular formula is C75H86N12O19S2. The molecule has 6 aromatic carbocycles. The Hall–Kier alpha value is -10.3. The summed E-state index contributed by atoms with van der Waals surface area (Å²) in [5.41, 5.74) is 7.06. The van der Waals surface area contributed by atoms with Crippen LogP contribution >= 0.6 is 24.4 Å². The number of aliphatic carboxylic acids is 4. The smallest absolute Gasteiger partial charge is 0.340 e. The molecule has 1 unspecified atom stereocenters. The summed E-state index contributed by atoms with van der Waals surface area (Å²) in [5.74, 6) is -4.62. The van der Waals surface area contributed by atoms with E-state index in [9.17, 15) is 59.4 Å². The van der Waals surface area contributed by atoms with Crippen LogP contribution in [0.15, 0.2) is 127 Å². The van der Waals surface area contributed by atoms with Gasteiger partial charge in [0.15, 0.2) is 15.8 Å². The number of nitrogens with zero attached hydrogens (tertiary/aromatic N) is 8. The number of para-hydroxylation sites is 1. The van der Waals surface area contributed by atoms with Crippen LogP contribution in [0.25, 0.3) is 22.5 Å². The number of phenols is 2. The summed E-state index contributed by atoms with van der Waals surface area (Å²) in [6, 6.07) is 36.7. The van der Waals surface area contributed by atoms with Gasteiger partial charge < -0.3 is 90.0 Å². The maximum Gasteiger partial charge on any atom is 0.340 e. The molecule has 1 fully saturated rings. The van der Waals surface area contributed by atoms with E-state index in [0.717, 1.165) is 27.9 Å². The summed E-state index contributed by atoms with van der Waals surface area (Å²) in [7, 11) is 0. The molecule has 33 heteroatoms. The van der Waals surface area contributed by atoms with Crippen LogP contribution in [-0.2, 0) is 77.5 Å². The van der Waals surface area contributed by atoms with Gasteiger partial charge in [-0.3, -0.25) is 43.6 Å². The maximum absolute atomic E-state index is 14.5. The van der Waals surface area contributed by atoms with Crippen LogP contribution in [0, 0.1) is 0 Å². The Kier molecular flexibility index (Phi) is 27.7. The van der Waals surface area contributed by atoms with Crippen molar-refractivity contribution in [1.82, 2.24) is 45.2 Å². The molecule has 1 saturated heterocycles. The number of rotatable bonds is 33. The Labute approximate surface area is 632 Å². The van der Waals surface area contributed by atoms with Crippen LogP contribution in [0.1, 0.15) is 44.6 Å². The number of hydrogen-bond donors (Lipinski definition) is 10. The van der Waals surface area contributed by atoms with Crippen molar-refractivity contribution in [2.45, 2.75) is 37.6 Å². The number of carbonyl (C=O) groups is 6. The van der Waals surface area contributed by atoms with Gasteiger partial charge in [0.05, 0.1) is 122 Å². The third-order valence-electron chi connectivity index (χ3n) is 18.5. The molecule has 572 valence electrons. The fraction of sp³-hybridized carbons (Fsp3) is 0.387. The van der Waals surface area contributed by atoms with Crippen LogP contribution < -0.4 is 30.9 Å². The number of phenolic OH excluding ortho intramolecular Hbond substituents is 2. The molecule has 1 atom stereocenters. The Morgan fingerprint density at radius 3 is 1.69 bits per heavy atom. The molecule has 10 N–H and O–H groups in total. The summed E-state index contributed by atoms with van der Waals surface area (Å²) in [6.07, 6.45) is 0.405. The van der Waals surface area contributed by atoms with E-state index in [1.807, 2.05) is 72.8 Å². The zero-order valence-electron chi connectivity index (χ0n) is 59.2. The molecule has 1 spiro atoms. The fourth-order valence-corrected chi connectivity index (χ4v) is 13.9. The first-order chi connectivity index (χ1) is 52.3.